The SMILES string of the molecule is Cc1ccc(-n2c(C)cc(C3Nc4ccccc4-c4cc(C)nn43)c2C)c(C)c1. The van der Waals surface area contributed by atoms with E-state index < -0.39 is 0 Å². The van der Waals surface area contributed by atoms with Gasteiger partial charge in [-0.2, -0.15) is 5.10 Å². The van der Waals surface area contributed by atoms with E-state index in [4.69, 9.17) is 5.10 Å². The van der Waals surface area contributed by atoms with Crippen LogP contribution in [0.4, 0.5) is 5.69 Å². The van der Waals surface area contributed by atoms with Gasteiger partial charge in [0.25, 0.3) is 0 Å². The quantitative estimate of drug-likeness (QED) is 0.471. The van der Waals surface area contributed by atoms with Crippen molar-refractivity contribution in [2.75, 3.05) is 5.32 Å². The number of fused-ring (bicyclic) bond motifs is 3. The summed E-state index contributed by atoms with van der Waals surface area (Å²) in [5.74, 6) is 0. The minimum atomic E-state index is -0.0284. The van der Waals surface area contributed by atoms with Crippen molar-refractivity contribution in [1.82, 2.24) is 14.3 Å². The summed E-state index contributed by atoms with van der Waals surface area (Å²) in [4.78, 5) is 0. The van der Waals surface area contributed by atoms with Gasteiger partial charge >= 0.3 is 0 Å². The van der Waals surface area contributed by atoms with Crippen LogP contribution in [0.2, 0.25) is 0 Å². The van der Waals surface area contributed by atoms with Crippen LogP contribution >= 0.6 is 0 Å². The normalized spacial score (nSPS) is 15.0. The summed E-state index contributed by atoms with van der Waals surface area (Å²) in [6.07, 6.45) is -0.0284. The van der Waals surface area contributed by atoms with Gasteiger partial charge in [0.15, 0.2) is 0 Å². The molecule has 0 saturated carbocycles. The van der Waals surface area contributed by atoms with Gasteiger partial charge in [0.2, 0.25) is 0 Å². The summed E-state index contributed by atoms with van der Waals surface area (Å²) in [5.41, 5.74) is 12.1. The van der Waals surface area contributed by atoms with Gasteiger partial charge in [-0.3, -0.25) is 0 Å². The lowest BCUT2D eigenvalue weighted by atomic mass is 10.0. The van der Waals surface area contributed by atoms with E-state index >= 15 is 0 Å². The van der Waals surface area contributed by atoms with E-state index in [1.165, 1.54) is 39.3 Å². The fourth-order valence-electron chi connectivity index (χ4n) is 4.66. The number of hydrogen-bond acceptors (Lipinski definition) is 2. The van der Waals surface area contributed by atoms with Crippen LogP contribution in [-0.2, 0) is 0 Å². The second kappa shape index (κ2) is 6.38. The van der Waals surface area contributed by atoms with Crippen molar-refractivity contribution in [1.29, 1.82) is 0 Å². The fraction of sp³-hybridized carbons (Fsp3) is 0.240. The maximum absolute atomic E-state index is 4.83. The number of anilines is 1. The van der Waals surface area contributed by atoms with Crippen molar-refractivity contribution < 1.29 is 0 Å². The molecule has 2 aromatic heterocycles. The zero-order valence-electron chi connectivity index (χ0n) is 17.6. The summed E-state index contributed by atoms with van der Waals surface area (Å²) < 4.78 is 4.49. The third kappa shape index (κ3) is 2.70. The highest BCUT2D eigenvalue weighted by molar-refractivity contribution is 5.78. The Balaban J connectivity index is 1.68. The largest absolute Gasteiger partial charge is 0.359 e. The molecule has 146 valence electrons. The van der Waals surface area contributed by atoms with Gasteiger partial charge in [-0.25, -0.2) is 4.68 Å². The molecule has 4 aromatic rings. The van der Waals surface area contributed by atoms with E-state index in [2.05, 4.69) is 104 Å². The Morgan fingerprint density at radius 1 is 0.897 bits per heavy atom. The third-order valence-corrected chi connectivity index (χ3v) is 5.96. The summed E-state index contributed by atoms with van der Waals surface area (Å²) in [6, 6.07) is 19.6. The maximum Gasteiger partial charge on any atom is 0.149 e. The van der Waals surface area contributed by atoms with Crippen LogP contribution in [0.15, 0.2) is 54.6 Å². The van der Waals surface area contributed by atoms with Crippen LogP contribution < -0.4 is 5.32 Å². The number of nitrogens with one attached hydrogen (secondary N) is 1. The standard InChI is InChI=1S/C25H26N4/c1-15-10-11-23(16(2)12-15)28-18(4)14-21(19(28)5)25-26-22-9-7-6-8-20(22)24-13-17(3)27-29(24)25/h6-14,25-26H,1-5H3. The first kappa shape index (κ1) is 17.8. The third-order valence-electron chi connectivity index (χ3n) is 5.96. The molecule has 4 heteroatoms. The first-order valence-corrected chi connectivity index (χ1v) is 10.1. The number of benzene rings is 2. The van der Waals surface area contributed by atoms with E-state index in [0.717, 1.165) is 17.1 Å². The number of aromatic nitrogens is 3. The molecular formula is C25H26N4. The lowest BCUT2D eigenvalue weighted by molar-refractivity contribution is 0.568. The summed E-state index contributed by atoms with van der Waals surface area (Å²) >= 11 is 0. The molecule has 0 spiro atoms. The molecule has 0 bridgehead atoms. The smallest absolute Gasteiger partial charge is 0.149 e. The van der Waals surface area contributed by atoms with Crippen molar-refractivity contribution >= 4 is 5.69 Å². The van der Waals surface area contributed by atoms with Crippen LogP contribution in [0.25, 0.3) is 16.9 Å². The maximum atomic E-state index is 4.83. The average molecular weight is 383 g/mol. The molecule has 3 heterocycles. The van der Waals surface area contributed by atoms with Crippen LogP contribution in [-0.4, -0.2) is 14.3 Å². The molecule has 1 atom stereocenters. The highest BCUT2D eigenvalue weighted by Crippen LogP contribution is 2.40. The Bertz CT molecular complexity index is 1240. The molecule has 1 aliphatic heterocycles. The lowest BCUT2D eigenvalue weighted by Gasteiger charge is -2.29. The number of hydrogen-bond donors (Lipinski definition) is 1. The Labute approximate surface area is 171 Å². The topological polar surface area (TPSA) is 34.8 Å². The van der Waals surface area contributed by atoms with Gasteiger partial charge in [-0.05, 0) is 64.4 Å². The Morgan fingerprint density at radius 2 is 1.69 bits per heavy atom. The van der Waals surface area contributed by atoms with Crippen molar-refractivity contribution in [3.05, 3.63) is 88.4 Å². The number of para-hydroxylation sites is 1. The van der Waals surface area contributed by atoms with E-state index in [1.807, 2.05) is 0 Å². The van der Waals surface area contributed by atoms with E-state index in [9.17, 15) is 0 Å². The number of aryl methyl sites for hydroxylation is 4. The van der Waals surface area contributed by atoms with Gasteiger partial charge in [0, 0.05) is 33.9 Å². The Kier molecular flexibility index (Phi) is 3.91. The molecule has 1 aliphatic rings. The van der Waals surface area contributed by atoms with Crippen molar-refractivity contribution in [3.63, 3.8) is 0 Å². The van der Waals surface area contributed by atoms with E-state index in [1.54, 1.807) is 0 Å². The van der Waals surface area contributed by atoms with Gasteiger partial charge in [0.05, 0.1) is 11.4 Å². The van der Waals surface area contributed by atoms with Crippen molar-refractivity contribution in [2.24, 2.45) is 0 Å². The molecular weight excluding hydrogens is 356 g/mol. The predicted molar refractivity (Wildman–Crippen MR) is 119 cm³/mol. The van der Waals surface area contributed by atoms with Crippen molar-refractivity contribution in [2.45, 2.75) is 40.8 Å². The molecule has 4 nitrogen and oxygen atoms in total. The second-order valence-corrected chi connectivity index (χ2v) is 8.16. The van der Waals surface area contributed by atoms with Gasteiger partial charge in [0.1, 0.15) is 6.17 Å². The molecule has 0 amide bonds. The van der Waals surface area contributed by atoms with Crippen LogP contribution in [0.1, 0.15) is 39.9 Å². The minimum absolute atomic E-state index is 0.0284. The molecule has 1 N–H and O–H groups in total. The van der Waals surface area contributed by atoms with Crippen LogP contribution in [0.3, 0.4) is 0 Å². The average Bonchev–Trinajstić information content (AvgIpc) is 3.21. The van der Waals surface area contributed by atoms with Crippen LogP contribution in [0, 0.1) is 34.6 Å². The zero-order valence-corrected chi connectivity index (χ0v) is 17.6. The minimum Gasteiger partial charge on any atom is -0.359 e. The predicted octanol–water partition coefficient (Wildman–Crippen LogP) is 5.86. The van der Waals surface area contributed by atoms with Gasteiger partial charge in [-0.15, -0.1) is 0 Å². The molecule has 0 radical (unpaired) electrons. The Hall–Kier alpha value is -3.27. The number of rotatable bonds is 2. The molecule has 1 unspecified atom stereocenters. The van der Waals surface area contributed by atoms with Gasteiger partial charge < -0.3 is 9.88 Å². The van der Waals surface area contributed by atoms with E-state index in [-0.39, 0.29) is 6.17 Å². The number of nitrogens with zero attached hydrogens (tertiary/aromatic N) is 3. The Morgan fingerprint density at radius 3 is 2.48 bits per heavy atom. The highest BCUT2D eigenvalue weighted by Gasteiger charge is 2.29. The van der Waals surface area contributed by atoms with Crippen molar-refractivity contribution in [3.8, 4) is 16.9 Å². The first-order valence-electron chi connectivity index (χ1n) is 10.1. The summed E-state index contributed by atoms with van der Waals surface area (Å²) in [6.45, 7) is 10.8. The molecule has 0 saturated heterocycles. The molecule has 0 aliphatic carbocycles. The molecule has 2 aromatic carbocycles. The van der Waals surface area contributed by atoms with Crippen LogP contribution in [0.5, 0.6) is 0 Å². The van der Waals surface area contributed by atoms with E-state index in [0.29, 0.717) is 0 Å². The molecule has 29 heavy (non-hydrogen) atoms. The zero-order chi connectivity index (χ0) is 20.3. The first-order chi connectivity index (χ1) is 13.9. The van der Waals surface area contributed by atoms with Gasteiger partial charge in [-0.1, -0.05) is 35.9 Å². The second-order valence-electron chi connectivity index (χ2n) is 8.16. The fourth-order valence-corrected chi connectivity index (χ4v) is 4.66. The summed E-state index contributed by atoms with van der Waals surface area (Å²) in [5, 5.41) is 8.56. The highest BCUT2D eigenvalue weighted by atomic mass is 15.4. The lowest BCUT2D eigenvalue weighted by Crippen LogP contribution is -2.26. The summed E-state index contributed by atoms with van der Waals surface area (Å²) in [7, 11) is 0. The monoisotopic (exact) mass is 382 g/mol. The molecule has 5 rings (SSSR count). The molecule has 0 fully saturated rings.